The van der Waals surface area contributed by atoms with Crippen molar-refractivity contribution in [1.29, 1.82) is 0 Å². The molecule has 1 aromatic carbocycles. The molecule has 7 N–H and O–H groups in total. The molecule has 13 heteroatoms. The zero-order valence-electron chi connectivity index (χ0n) is 18.4. The van der Waals surface area contributed by atoms with Crippen molar-refractivity contribution in [1.82, 2.24) is 0 Å². The number of allylic oxidation sites excluding steroid dienone is 2. The number of hydrogen-bond acceptors (Lipinski definition) is 13. The molecule has 1 aliphatic carbocycles. The van der Waals surface area contributed by atoms with Gasteiger partial charge in [0.05, 0.1) is 24.3 Å². The zero-order chi connectivity index (χ0) is 25.6. The summed E-state index contributed by atoms with van der Waals surface area (Å²) in [5, 5.41) is 70.4. The van der Waals surface area contributed by atoms with E-state index in [9.17, 15) is 45.3 Å². The van der Waals surface area contributed by atoms with Crippen LogP contribution in [0.2, 0.25) is 0 Å². The number of hydrogen-bond donors (Lipinski definition) is 7. The number of aliphatic hydroxyl groups is 6. The Balaban J connectivity index is 1.51. The van der Waals surface area contributed by atoms with E-state index in [1.54, 1.807) is 0 Å². The Morgan fingerprint density at radius 2 is 1.60 bits per heavy atom. The maximum Gasteiger partial charge on any atom is 0.229 e. The minimum Gasteiger partial charge on any atom is -0.507 e. The predicted molar refractivity (Wildman–Crippen MR) is 112 cm³/mol. The van der Waals surface area contributed by atoms with Crippen LogP contribution >= 0.6 is 0 Å². The number of aromatic hydroxyl groups is 1. The molecule has 13 nitrogen and oxygen atoms in total. The first-order chi connectivity index (χ1) is 16.5. The molecular formula is C22H26O13. The zero-order valence-corrected chi connectivity index (χ0v) is 18.4. The van der Waals surface area contributed by atoms with E-state index in [-0.39, 0.29) is 29.1 Å². The third-order valence-electron chi connectivity index (χ3n) is 6.11. The lowest BCUT2D eigenvalue weighted by Crippen LogP contribution is -2.61. The minimum absolute atomic E-state index is 0.115. The van der Waals surface area contributed by atoms with Gasteiger partial charge in [-0.2, -0.15) is 0 Å². The summed E-state index contributed by atoms with van der Waals surface area (Å²) in [6, 6.07) is 2.31. The Hall–Kier alpha value is -2.46. The van der Waals surface area contributed by atoms with E-state index >= 15 is 0 Å². The van der Waals surface area contributed by atoms with Gasteiger partial charge in [0.1, 0.15) is 54.2 Å². The molecule has 0 saturated carbocycles. The van der Waals surface area contributed by atoms with Gasteiger partial charge in [-0.15, -0.1) is 0 Å². The fourth-order valence-corrected chi connectivity index (χ4v) is 4.07. The summed E-state index contributed by atoms with van der Waals surface area (Å²) in [5.41, 5.74) is -0.414. The van der Waals surface area contributed by atoms with Gasteiger partial charge in [0, 0.05) is 5.57 Å². The lowest BCUT2D eigenvalue weighted by Gasteiger charge is -2.41. The first-order valence-electron chi connectivity index (χ1n) is 10.8. The molecular weight excluding hydrogens is 472 g/mol. The standard InChI is InChI=1S/C22H26O13/c1-7-4-9(24)13-11(3-2-8(23)14(13)15(7)26)34-22-20(31)18(29)17(28)12(35-22)6-33-21-19(30)16(27)10(25)5-32-21/h2-4,10,12,16-23,25,27-31H,5-6H2,1H3/t10-,12-,16+,17-,18+,19-,20-,21+,22-/m1/s1. The molecule has 2 aliphatic heterocycles. The predicted octanol–water partition coefficient (Wildman–Crippen LogP) is -2.64. The van der Waals surface area contributed by atoms with Gasteiger partial charge >= 0.3 is 0 Å². The van der Waals surface area contributed by atoms with Gasteiger partial charge < -0.3 is 54.7 Å². The maximum atomic E-state index is 12.6. The van der Waals surface area contributed by atoms with Gasteiger partial charge in [-0.05, 0) is 25.1 Å². The van der Waals surface area contributed by atoms with Crippen LogP contribution in [-0.4, -0.2) is 116 Å². The monoisotopic (exact) mass is 498 g/mol. The Morgan fingerprint density at radius 3 is 2.31 bits per heavy atom. The van der Waals surface area contributed by atoms with E-state index in [4.69, 9.17) is 18.9 Å². The average molecular weight is 498 g/mol. The van der Waals surface area contributed by atoms with Gasteiger partial charge in [0.2, 0.25) is 6.29 Å². The number of Topliss-reactive ketones (excluding diaryl/α,β-unsaturated/α-hetero) is 1. The molecule has 4 rings (SSSR count). The summed E-state index contributed by atoms with van der Waals surface area (Å²) in [6.45, 7) is 0.595. The average Bonchev–Trinajstić information content (AvgIpc) is 2.82. The summed E-state index contributed by atoms with van der Waals surface area (Å²) >= 11 is 0. The number of ether oxygens (including phenoxy) is 4. The van der Waals surface area contributed by atoms with Crippen LogP contribution in [-0.2, 0) is 14.2 Å². The number of phenolic OH excluding ortho intramolecular Hbond substituents is 1. The van der Waals surface area contributed by atoms with Crippen molar-refractivity contribution < 1.29 is 64.3 Å². The maximum absolute atomic E-state index is 12.6. The first-order valence-corrected chi connectivity index (χ1v) is 10.8. The summed E-state index contributed by atoms with van der Waals surface area (Å²) < 4.78 is 21.6. The fourth-order valence-electron chi connectivity index (χ4n) is 4.07. The van der Waals surface area contributed by atoms with Gasteiger partial charge in [-0.25, -0.2) is 0 Å². The topological polar surface area (TPSA) is 213 Å². The van der Waals surface area contributed by atoms with Gasteiger partial charge in [0.15, 0.2) is 17.9 Å². The number of benzene rings is 1. The summed E-state index contributed by atoms with van der Waals surface area (Å²) in [7, 11) is 0. The van der Waals surface area contributed by atoms with Crippen LogP contribution in [0.1, 0.15) is 27.6 Å². The molecule has 0 radical (unpaired) electrons. The van der Waals surface area contributed by atoms with Crippen molar-refractivity contribution >= 4 is 11.6 Å². The first kappa shape index (κ1) is 25.6. The molecule has 0 amide bonds. The van der Waals surface area contributed by atoms with Crippen LogP contribution in [0, 0.1) is 0 Å². The highest BCUT2D eigenvalue weighted by atomic mass is 16.7. The fraction of sp³-hybridized carbons (Fsp3) is 0.545. The molecule has 1 aromatic rings. The Bertz CT molecular complexity index is 1020. The summed E-state index contributed by atoms with van der Waals surface area (Å²) in [6.07, 6.45) is -13.0. The molecule has 0 unspecified atom stereocenters. The van der Waals surface area contributed by atoms with Crippen molar-refractivity contribution in [3.05, 3.63) is 34.9 Å². The molecule has 3 aliphatic rings. The van der Waals surface area contributed by atoms with Crippen LogP contribution in [0.5, 0.6) is 11.5 Å². The second-order valence-electron chi connectivity index (χ2n) is 8.57. The van der Waals surface area contributed by atoms with E-state index < -0.39 is 79.2 Å². The van der Waals surface area contributed by atoms with Crippen LogP contribution in [0.3, 0.4) is 0 Å². The number of phenols is 1. The number of carbonyl (C=O) groups is 2. The largest absolute Gasteiger partial charge is 0.507 e. The minimum atomic E-state index is -1.79. The van der Waals surface area contributed by atoms with Crippen molar-refractivity contribution in [3.63, 3.8) is 0 Å². The summed E-state index contributed by atoms with van der Waals surface area (Å²) in [4.78, 5) is 25.0. The molecule has 35 heavy (non-hydrogen) atoms. The third kappa shape index (κ3) is 4.70. The molecule has 0 aromatic heterocycles. The highest BCUT2D eigenvalue weighted by Gasteiger charge is 2.47. The Labute approximate surface area is 198 Å². The number of carbonyl (C=O) groups excluding carboxylic acids is 2. The Morgan fingerprint density at radius 1 is 0.914 bits per heavy atom. The third-order valence-corrected chi connectivity index (χ3v) is 6.11. The quantitative estimate of drug-likeness (QED) is 0.221. The lowest BCUT2D eigenvalue weighted by atomic mass is 9.89. The van der Waals surface area contributed by atoms with Crippen molar-refractivity contribution in [2.75, 3.05) is 13.2 Å². The van der Waals surface area contributed by atoms with E-state index in [1.165, 1.54) is 13.0 Å². The normalized spacial score (nSPS) is 37.6. The number of fused-ring (bicyclic) bond motifs is 1. The van der Waals surface area contributed by atoms with Crippen molar-refractivity contribution in [3.8, 4) is 11.5 Å². The second-order valence-corrected chi connectivity index (χ2v) is 8.57. The highest BCUT2D eigenvalue weighted by Crippen LogP contribution is 2.37. The Kier molecular flexibility index (Phi) is 7.24. The van der Waals surface area contributed by atoms with Crippen LogP contribution in [0.4, 0.5) is 0 Å². The molecule has 192 valence electrons. The van der Waals surface area contributed by atoms with E-state index in [2.05, 4.69) is 0 Å². The number of rotatable bonds is 5. The van der Waals surface area contributed by atoms with Gasteiger partial charge in [-0.3, -0.25) is 9.59 Å². The van der Waals surface area contributed by atoms with Gasteiger partial charge in [0.25, 0.3) is 0 Å². The smallest absolute Gasteiger partial charge is 0.229 e. The highest BCUT2D eigenvalue weighted by molar-refractivity contribution is 6.26. The number of ketones is 2. The molecule has 2 heterocycles. The molecule has 9 atom stereocenters. The van der Waals surface area contributed by atoms with Crippen LogP contribution < -0.4 is 4.74 Å². The van der Waals surface area contributed by atoms with Gasteiger partial charge in [-0.1, -0.05) is 0 Å². The number of aliphatic hydroxyl groups excluding tert-OH is 6. The van der Waals surface area contributed by atoms with E-state index in [0.29, 0.717) is 0 Å². The van der Waals surface area contributed by atoms with Crippen molar-refractivity contribution in [2.45, 2.75) is 62.2 Å². The van der Waals surface area contributed by atoms with E-state index in [0.717, 1.165) is 12.1 Å². The molecule has 2 saturated heterocycles. The van der Waals surface area contributed by atoms with E-state index in [1.807, 2.05) is 0 Å². The molecule has 2 fully saturated rings. The molecule has 0 spiro atoms. The SMILES string of the molecule is CC1=CC(=O)c2c(O[C@@H]3O[C@H](CO[C@@H]4OC[C@@H](O)[C@H](O)[C@H]4O)[C@@H](O)[C@H](O)[C@H]3O)ccc(O)c2C1=O. The summed E-state index contributed by atoms with van der Waals surface area (Å²) in [5.74, 6) is -1.87. The van der Waals surface area contributed by atoms with Crippen molar-refractivity contribution in [2.24, 2.45) is 0 Å². The molecule has 0 bridgehead atoms. The van der Waals surface area contributed by atoms with Crippen LogP contribution in [0.15, 0.2) is 23.8 Å². The lowest BCUT2D eigenvalue weighted by molar-refractivity contribution is -0.307. The second kappa shape index (κ2) is 9.89. The van der Waals surface area contributed by atoms with Crippen LogP contribution in [0.25, 0.3) is 0 Å².